The molecule has 2 N–H and O–H groups in total. The van der Waals surface area contributed by atoms with Gasteiger partial charge in [-0.05, 0) is 105 Å². The second kappa shape index (κ2) is 12.5. The van der Waals surface area contributed by atoms with Gasteiger partial charge in [-0.1, -0.05) is 86.1 Å². The van der Waals surface area contributed by atoms with Crippen molar-refractivity contribution in [3.05, 3.63) is 116 Å². The Morgan fingerprint density at radius 3 is 2.25 bits per heavy atom. The third kappa shape index (κ3) is 5.04. The molecule has 2 aromatic carbocycles. The van der Waals surface area contributed by atoms with E-state index < -0.39 is 11.0 Å². The van der Waals surface area contributed by atoms with E-state index in [0.717, 1.165) is 85.1 Å². The van der Waals surface area contributed by atoms with Crippen molar-refractivity contribution >= 4 is 28.7 Å². The fraction of sp³-hybridized carbons (Fsp3) is 0.533. The van der Waals surface area contributed by atoms with Crippen molar-refractivity contribution in [2.45, 2.75) is 83.5 Å². The number of carbonyl (C=O) groups excluding carboxylic acids is 1. The summed E-state index contributed by atoms with van der Waals surface area (Å²) in [5, 5.41) is 24.8. The van der Waals surface area contributed by atoms with Gasteiger partial charge in [0.25, 0.3) is 0 Å². The summed E-state index contributed by atoms with van der Waals surface area (Å²) in [6, 6.07) is 23.3. The number of aryl methyl sites for hydroxylation is 1. The molecule has 3 aromatic rings. The number of carbonyl (C=O) groups is 1. The molecule has 0 radical (unpaired) electrons. The zero-order valence-corrected chi connectivity index (χ0v) is 32.4. The number of piperazine rings is 1. The lowest BCUT2D eigenvalue weighted by molar-refractivity contribution is -0.177. The van der Waals surface area contributed by atoms with Crippen LogP contribution >= 0.6 is 22.9 Å². The molecule has 1 saturated heterocycles. The molecular formula is C45H53ClN2O3S. The van der Waals surface area contributed by atoms with Gasteiger partial charge in [-0.3, -0.25) is 14.6 Å². The van der Waals surface area contributed by atoms with Crippen LogP contribution in [0.5, 0.6) is 0 Å². The van der Waals surface area contributed by atoms with Crippen molar-refractivity contribution in [3.63, 3.8) is 0 Å². The second-order valence-electron chi connectivity index (χ2n) is 17.7. The van der Waals surface area contributed by atoms with Crippen LogP contribution in [0.3, 0.4) is 0 Å². The first-order valence-electron chi connectivity index (χ1n) is 19.6. The van der Waals surface area contributed by atoms with Crippen molar-refractivity contribution < 1.29 is 15.0 Å². The van der Waals surface area contributed by atoms with Gasteiger partial charge in [0.2, 0.25) is 0 Å². The molecule has 1 aliphatic heterocycles. The number of halogens is 1. The number of nitrogens with zero attached hydrogens (tertiary/aromatic N) is 2. The number of hydrogen-bond donors (Lipinski definition) is 2. The monoisotopic (exact) mass is 736 g/mol. The molecule has 7 heteroatoms. The van der Waals surface area contributed by atoms with E-state index in [1.165, 1.54) is 11.1 Å². The van der Waals surface area contributed by atoms with Crippen LogP contribution in [0.2, 0.25) is 5.02 Å². The zero-order chi connectivity index (χ0) is 36.1. The van der Waals surface area contributed by atoms with E-state index in [-0.39, 0.29) is 40.1 Å². The lowest BCUT2D eigenvalue weighted by Gasteiger charge is -2.71. The highest BCUT2D eigenvalue weighted by Gasteiger charge is 2.74. The molecule has 2 spiro atoms. The predicted molar refractivity (Wildman–Crippen MR) is 210 cm³/mol. The lowest BCUT2D eigenvalue weighted by Crippen LogP contribution is -2.67. The molecule has 3 saturated carbocycles. The number of hydrogen-bond acceptors (Lipinski definition) is 6. The standard InChI is InChI=1S/C45H53ClN2O3S/c1-30-9-14-36(52-30)40(50)35-28-43-21-22-45(35)37(41(43,2)18-15-34(49)27-43)16-19-42(3)38(45)17-20-44(42,51)29-47-23-25-48(26-24-47)39(31-7-5-4-6-8-31)32-10-12-33(46)13-11-32/h4-14,21-22,28,34,37-39,49,51H,15-20,23-27,29H2,1-3H3/t34?,37-,38-,39?,41-,42+,43+,44-,45-/m1/s1. The van der Waals surface area contributed by atoms with Crippen LogP contribution in [-0.2, 0) is 0 Å². The number of rotatable bonds is 7. The van der Waals surface area contributed by atoms with Gasteiger partial charge < -0.3 is 10.2 Å². The molecule has 2 heterocycles. The summed E-state index contributed by atoms with van der Waals surface area (Å²) in [7, 11) is 0. The van der Waals surface area contributed by atoms with Crippen LogP contribution in [0.4, 0.5) is 0 Å². The molecule has 5 nitrogen and oxygen atoms in total. The predicted octanol–water partition coefficient (Wildman–Crippen LogP) is 8.89. The molecule has 52 heavy (non-hydrogen) atoms. The second-order valence-corrected chi connectivity index (χ2v) is 19.5. The Balaban J connectivity index is 1.00. The molecule has 9 atom stereocenters. The number of Topliss-reactive ketones (excluding diaryl/α,β-unsaturated/α-hetero) is 1. The quantitative estimate of drug-likeness (QED) is 0.188. The summed E-state index contributed by atoms with van der Waals surface area (Å²) in [5.74, 6) is 0.652. The SMILES string of the molecule is Cc1ccc(C(=O)C2=C[C@@]34C=C[C@@]25[C@@H]2CC[C@@](O)(CN6CCN(C(c7ccccc7)c7ccc(Cl)cc7)CC6)[C@@]2(C)CC[C@@H]5[C@@]3(C)CCC(O)C4)s1. The maximum absolute atomic E-state index is 14.8. The number of aliphatic hydroxyl groups is 2. The highest BCUT2D eigenvalue weighted by molar-refractivity contribution is 7.14. The fourth-order valence-electron chi connectivity index (χ4n) is 12.7. The lowest BCUT2D eigenvalue weighted by atomic mass is 9.32. The van der Waals surface area contributed by atoms with Gasteiger partial charge in [-0.2, -0.15) is 0 Å². The number of thiophene rings is 1. The Hall–Kier alpha value is -2.58. The van der Waals surface area contributed by atoms with Crippen LogP contribution in [-0.4, -0.2) is 70.2 Å². The minimum absolute atomic E-state index is 0.0200. The molecule has 0 amide bonds. The van der Waals surface area contributed by atoms with Crippen molar-refractivity contribution in [2.24, 2.45) is 33.5 Å². The van der Waals surface area contributed by atoms with Crippen molar-refractivity contribution in [3.8, 4) is 0 Å². The summed E-state index contributed by atoms with van der Waals surface area (Å²) >= 11 is 7.89. The molecule has 6 aliphatic carbocycles. The maximum atomic E-state index is 14.8. The van der Waals surface area contributed by atoms with E-state index >= 15 is 0 Å². The van der Waals surface area contributed by atoms with E-state index in [4.69, 9.17) is 11.6 Å². The Morgan fingerprint density at radius 1 is 0.865 bits per heavy atom. The minimum Gasteiger partial charge on any atom is -0.393 e. The molecule has 274 valence electrons. The highest BCUT2D eigenvalue weighted by atomic mass is 35.5. The summed E-state index contributed by atoms with van der Waals surface area (Å²) in [6.07, 6.45) is 13.0. The Labute approximate surface area is 318 Å². The van der Waals surface area contributed by atoms with Gasteiger partial charge in [0.05, 0.1) is 22.6 Å². The van der Waals surface area contributed by atoms with Crippen molar-refractivity contribution in [2.75, 3.05) is 32.7 Å². The first-order valence-corrected chi connectivity index (χ1v) is 20.8. The van der Waals surface area contributed by atoms with E-state index in [9.17, 15) is 15.0 Å². The summed E-state index contributed by atoms with van der Waals surface area (Å²) in [5.41, 5.74) is 1.59. The molecule has 7 aliphatic rings. The third-order valence-electron chi connectivity index (χ3n) is 15.5. The smallest absolute Gasteiger partial charge is 0.199 e. The molecule has 10 rings (SSSR count). The van der Waals surface area contributed by atoms with Crippen LogP contribution in [0, 0.1) is 40.4 Å². The molecular weight excluding hydrogens is 684 g/mol. The average Bonchev–Trinajstić information content (AvgIpc) is 3.69. The van der Waals surface area contributed by atoms with Gasteiger partial charge in [0.15, 0.2) is 5.78 Å². The molecule has 1 aromatic heterocycles. The highest BCUT2D eigenvalue weighted by Crippen LogP contribution is 2.78. The summed E-state index contributed by atoms with van der Waals surface area (Å²) in [6.45, 7) is 11.2. The zero-order valence-electron chi connectivity index (χ0n) is 30.9. The van der Waals surface area contributed by atoms with E-state index in [2.05, 4.69) is 97.3 Å². The maximum Gasteiger partial charge on any atom is 0.199 e. The number of fused-ring (bicyclic) bond motifs is 1. The van der Waals surface area contributed by atoms with E-state index in [1.807, 2.05) is 18.2 Å². The van der Waals surface area contributed by atoms with Gasteiger partial charge in [-0.15, -0.1) is 11.3 Å². The number of benzene rings is 2. The van der Waals surface area contributed by atoms with Crippen molar-refractivity contribution in [1.82, 2.24) is 9.80 Å². The Bertz CT molecular complexity index is 1920. The minimum atomic E-state index is -0.842. The average molecular weight is 737 g/mol. The fourth-order valence-corrected chi connectivity index (χ4v) is 13.7. The van der Waals surface area contributed by atoms with Crippen LogP contribution < -0.4 is 0 Å². The largest absolute Gasteiger partial charge is 0.393 e. The first kappa shape index (κ1) is 35.1. The molecule has 2 bridgehead atoms. The van der Waals surface area contributed by atoms with Crippen LogP contribution in [0.25, 0.3) is 0 Å². The van der Waals surface area contributed by atoms with Gasteiger partial charge in [0.1, 0.15) is 0 Å². The van der Waals surface area contributed by atoms with Crippen LogP contribution in [0.1, 0.15) is 90.5 Å². The van der Waals surface area contributed by atoms with Gasteiger partial charge in [0, 0.05) is 64.4 Å². The van der Waals surface area contributed by atoms with Gasteiger partial charge >= 0.3 is 0 Å². The molecule has 4 fully saturated rings. The molecule has 2 unspecified atom stereocenters. The summed E-state index contributed by atoms with van der Waals surface area (Å²) < 4.78 is 0. The number of aliphatic hydroxyl groups excluding tert-OH is 1. The Morgan fingerprint density at radius 2 is 1.54 bits per heavy atom. The summed E-state index contributed by atoms with van der Waals surface area (Å²) in [4.78, 5) is 21.8. The van der Waals surface area contributed by atoms with Gasteiger partial charge in [-0.25, -0.2) is 0 Å². The Kier molecular flexibility index (Phi) is 8.43. The van der Waals surface area contributed by atoms with Crippen LogP contribution in [0.15, 0.2) is 90.5 Å². The first-order chi connectivity index (χ1) is 24.9. The number of ketones is 1. The van der Waals surface area contributed by atoms with Crippen molar-refractivity contribution in [1.29, 1.82) is 0 Å². The van der Waals surface area contributed by atoms with E-state index in [1.54, 1.807) is 11.3 Å². The number of allylic oxidation sites excluding steroid dienone is 4. The normalized spacial score (nSPS) is 39.0. The third-order valence-corrected chi connectivity index (χ3v) is 16.7. The topological polar surface area (TPSA) is 64.0 Å². The van der Waals surface area contributed by atoms with E-state index in [0.29, 0.717) is 18.9 Å². The number of β-amino-alcohol motifs (C(OH)–C–C–N with tert-alkyl or cyclic N) is 1.